The minimum Gasteiger partial charge on any atom is -0.155 e. The standard InChI is InChI=1S/C7H8N2/c1-3-7-5-4-6(2)8-9-7/h3-5H,1H2,2H3. The van der Waals surface area contributed by atoms with Crippen molar-refractivity contribution in [1.82, 2.24) is 10.2 Å². The fourth-order valence-electron chi connectivity index (χ4n) is 0.518. The Morgan fingerprint density at radius 1 is 1.44 bits per heavy atom. The molecule has 0 unspecified atom stereocenters. The number of nitrogens with zero attached hydrogens (tertiary/aromatic N) is 2. The molecule has 0 aliphatic rings. The van der Waals surface area contributed by atoms with Gasteiger partial charge in [0.2, 0.25) is 0 Å². The van der Waals surface area contributed by atoms with Gasteiger partial charge in [-0.05, 0) is 25.1 Å². The number of aryl methyl sites for hydroxylation is 1. The van der Waals surface area contributed by atoms with Crippen molar-refractivity contribution >= 4 is 6.08 Å². The molecule has 2 heteroatoms. The zero-order valence-corrected chi connectivity index (χ0v) is 5.33. The first-order valence-electron chi connectivity index (χ1n) is 2.75. The Morgan fingerprint density at radius 3 is 2.67 bits per heavy atom. The fourth-order valence-corrected chi connectivity index (χ4v) is 0.518. The van der Waals surface area contributed by atoms with Crippen LogP contribution in [0.5, 0.6) is 0 Å². The second-order valence-corrected chi connectivity index (χ2v) is 1.80. The van der Waals surface area contributed by atoms with Gasteiger partial charge in [0.1, 0.15) is 0 Å². The molecule has 0 amide bonds. The second-order valence-electron chi connectivity index (χ2n) is 1.80. The number of rotatable bonds is 1. The Balaban J connectivity index is 3.01. The highest BCUT2D eigenvalue weighted by molar-refractivity contribution is 5.39. The monoisotopic (exact) mass is 120 g/mol. The molecule has 2 nitrogen and oxygen atoms in total. The largest absolute Gasteiger partial charge is 0.155 e. The summed E-state index contributed by atoms with van der Waals surface area (Å²) in [5.74, 6) is 0. The molecule has 1 heterocycles. The molecule has 0 bridgehead atoms. The van der Waals surface area contributed by atoms with Crippen molar-refractivity contribution in [3.8, 4) is 0 Å². The predicted molar refractivity (Wildman–Crippen MR) is 36.9 cm³/mol. The van der Waals surface area contributed by atoms with Crippen LogP contribution in [0.2, 0.25) is 0 Å². The van der Waals surface area contributed by atoms with Crippen molar-refractivity contribution in [3.05, 3.63) is 30.1 Å². The Bertz CT molecular complexity index is 201. The highest BCUT2D eigenvalue weighted by Crippen LogP contribution is 1.94. The van der Waals surface area contributed by atoms with Crippen molar-refractivity contribution in [2.24, 2.45) is 0 Å². The molecule has 0 aliphatic carbocycles. The van der Waals surface area contributed by atoms with Crippen molar-refractivity contribution in [2.75, 3.05) is 0 Å². The third kappa shape index (κ3) is 1.35. The molecule has 0 spiro atoms. The van der Waals surface area contributed by atoms with Gasteiger partial charge in [0.25, 0.3) is 0 Å². The van der Waals surface area contributed by atoms with Crippen molar-refractivity contribution in [2.45, 2.75) is 6.92 Å². The van der Waals surface area contributed by atoms with E-state index in [-0.39, 0.29) is 0 Å². The summed E-state index contributed by atoms with van der Waals surface area (Å²) < 4.78 is 0. The van der Waals surface area contributed by atoms with Crippen molar-refractivity contribution in [1.29, 1.82) is 0 Å². The van der Waals surface area contributed by atoms with Gasteiger partial charge in [-0.2, -0.15) is 10.2 Å². The zero-order valence-electron chi connectivity index (χ0n) is 5.33. The molecule has 0 saturated heterocycles. The molecule has 1 aromatic heterocycles. The summed E-state index contributed by atoms with van der Waals surface area (Å²) in [6, 6.07) is 3.79. The summed E-state index contributed by atoms with van der Waals surface area (Å²) in [4.78, 5) is 0. The van der Waals surface area contributed by atoms with E-state index in [1.807, 2.05) is 19.1 Å². The van der Waals surface area contributed by atoms with Gasteiger partial charge in [0.05, 0.1) is 11.4 Å². The van der Waals surface area contributed by atoms with Gasteiger partial charge in [-0.25, -0.2) is 0 Å². The maximum absolute atomic E-state index is 3.83. The Labute approximate surface area is 54.2 Å². The first kappa shape index (κ1) is 5.95. The Kier molecular flexibility index (Phi) is 1.58. The van der Waals surface area contributed by atoms with Crippen molar-refractivity contribution < 1.29 is 0 Å². The van der Waals surface area contributed by atoms with E-state index >= 15 is 0 Å². The summed E-state index contributed by atoms with van der Waals surface area (Å²) in [5, 5.41) is 7.66. The van der Waals surface area contributed by atoms with Crippen LogP contribution in [0.25, 0.3) is 6.08 Å². The lowest BCUT2D eigenvalue weighted by Crippen LogP contribution is -1.86. The minimum atomic E-state index is 0.820. The van der Waals surface area contributed by atoms with Gasteiger partial charge in [0, 0.05) is 0 Å². The highest BCUT2D eigenvalue weighted by atomic mass is 15.1. The number of aromatic nitrogens is 2. The Hall–Kier alpha value is -1.18. The van der Waals surface area contributed by atoms with E-state index in [2.05, 4.69) is 16.8 Å². The van der Waals surface area contributed by atoms with Gasteiger partial charge in [0.15, 0.2) is 0 Å². The van der Waals surface area contributed by atoms with Gasteiger partial charge >= 0.3 is 0 Å². The first-order valence-corrected chi connectivity index (χ1v) is 2.75. The van der Waals surface area contributed by atoms with Crippen LogP contribution in [0.4, 0.5) is 0 Å². The lowest BCUT2D eigenvalue weighted by molar-refractivity contribution is 0.970. The summed E-state index contributed by atoms with van der Waals surface area (Å²) in [5.41, 5.74) is 1.75. The first-order chi connectivity index (χ1) is 4.33. The normalized spacial score (nSPS) is 9.00. The summed E-state index contributed by atoms with van der Waals surface area (Å²) in [7, 11) is 0. The van der Waals surface area contributed by atoms with Gasteiger partial charge in [-0.3, -0.25) is 0 Å². The van der Waals surface area contributed by atoms with E-state index in [0.717, 1.165) is 11.4 Å². The lowest BCUT2D eigenvalue weighted by atomic mass is 10.3. The van der Waals surface area contributed by atoms with E-state index in [4.69, 9.17) is 0 Å². The molecule has 0 aromatic carbocycles. The van der Waals surface area contributed by atoms with E-state index < -0.39 is 0 Å². The van der Waals surface area contributed by atoms with Gasteiger partial charge in [-0.15, -0.1) is 0 Å². The summed E-state index contributed by atoms with van der Waals surface area (Å²) >= 11 is 0. The number of hydrogen-bond acceptors (Lipinski definition) is 2. The molecule has 0 aliphatic heterocycles. The molecule has 1 rings (SSSR count). The topological polar surface area (TPSA) is 25.8 Å². The van der Waals surface area contributed by atoms with E-state index in [1.165, 1.54) is 0 Å². The number of hydrogen-bond donors (Lipinski definition) is 0. The molecule has 0 N–H and O–H groups in total. The van der Waals surface area contributed by atoms with Crippen LogP contribution < -0.4 is 0 Å². The SMILES string of the molecule is C=Cc1ccc(C)nn1. The zero-order chi connectivity index (χ0) is 6.69. The second kappa shape index (κ2) is 2.40. The van der Waals surface area contributed by atoms with Crippen LogP contribution in [0.15, 0.2) is 18.7 Å². The summed E-state index contributed by atoms with van der Waals surface area (Å²) in [6.45, 7) is 5.46. The van der Waals surface area contributed by atoms with Crippen LogP contribution in [0.1, 0.15) is 11.4 Å². The predicted octanol–water partition coefficient (Wildman–Crippen LogP) is 1.43. The maximum atomic E-state index is 3.83. The molecule has 0 atom stereocenters. The lowest BCUT2D eigenvalue weighted by Gasteiger charge is -1.89. The third-order valence-corrected chi connectivity index (χ3v) is 1.03. The van der Waals surface area contributed by atoms with Crippen LogP contribution in [0.3, 0.4) is 0 Å². The quantitative estimate of drug-likeness (QED) is 0.560. The van der Waals surface area contributed by atoms with E-state index in [9.17, 15) is 0 Å². The molecule has 9 heavy (non-hydrogen) atoms. The third-order valence-electron chi connectivity index (χ3n) is 1.03. The van der Waals surface area contributed by atoms with Crippen LogP contribution in [0, 0.1) is 6.92 Å². The average Bonchev–Trinajstić information content (AvgIpc) is 1.90. The Morgan fingerprint density at radius 2 is 2.22 bits per heavy atom. The molecule has 0 radical (unpaired) electrons. The van der Waals surface area contributed by atoms with Gasteiger partial charge < -0.3 is 0 Å². The van der Waals surface area contributed by atoms with Crippen LogP contribution >= 0.6 is 0 Å². The molecule has 46 valence electrons. The summed E-state index contributed by atoms with van der Waals surface area (Å²) in [6.07, 6.45) is 1.67. The fraction of sp³-hybridized carbons (Fsp3) is 0.143. The maximum Gasteiger partial charge on any atom is 0.0851 e. The van der Waals surface area contributed by atoms with E-state index in [1.54, 1.807) is 6.08 Å². The average molecular weight is 120 g/mol. The molecule has 0 fully saturated rings. The molecular formula is C7H8N2. The van der Waals surface area contributed by atoms with Gasteiger partial charge in [-0.1, -0.05) is 6.58 Å². The minimum absolute atomic E-state index is 0.820. The molecular weight excluding hydrogens is 112 g/mol. The van der Waals surface area contributed by atoms with Crippen LogP contribution in [-0.2, 0) is 0 Å². The molecule has 1 aromatic rings. The van der Waals surface area contributed by atoms with Crippen molar-refractivity contribution in [3.63, 3.8) is 0 Å². The van der Waals surface area contributed by atoms with E-state index in [0.29, 0.717) is 0 Å². The highest BCUT2D eigenvalue weighted by Gasteiger charge is 1.85. The van der Waals surface area contributed by atoms with Crippen LogP contribution in [-0.4, -0.2) is 10.2 Å². The molecule has 0 saturated carbocycles. The smallest absolute Gasteiger partial charge is 0.0851 e.